The van der Waals surface area contributed by atoms with Gasteiger partial charge >= 0.3 is 0 Å². The first kappa shape index (κ1) is 18.2. The Labute approximate surface area is 137 Å². The molecule has 2 rings (SSSR count). The molecule has 0 amide bonds. The summed E-state index contributed by atoms with van der Waals surface area (Å²) in [6.07, 6.45) is 13.5. The van der Waals surface area contributed by atoms with Gasteiger partial charge in [0.05, 0.1) is 19.8 Å². The number of hydrogen-bond acceptors (Lipinski definition) is 4. The van der Waals surface area contributed by atoms with Gasteiger partial charge in [0, 0.05) is 26.2 Å². The van der Waals surface area contributed by atoms with Crippen LogP contribution in [-0.2, 0) is 9.57 Å². The fourth-order valence-corrected chi connectivity index (χ4v) is 3.36. The molecule has 2 fully saturated rings. The van der Waals surface area contributed by atoms with Crippen LogP contribution in [0.1, 0.15) is 64.2 Å². The van der Waals surface area contributed by atoms with E-state index in [-0.39, 0.29) is 0 Å². The van der Waals surface area contributed by atoms with Crippen LogP contribution in [-0.4, -0.2) is 62.5 Å². The Hall–Kier alpha value is -0.160. The molecule has 4 nitrogen and oxygen atoms in total. The molecular formula is C18H36N2O2. The first-order chi connectivity index (χ1) is 10.9. The van der Waals surface area contributed by atoms with E-state index in [0.29, 0.717) is 0 Å². The van der Waals surface area contributed by atoms with Gasteiger partial charge in [-0.1, -0.05) is 44.9 Å². The van der Waals surface area contributed by atoms with Gasteiger partial charge in [0.25, 0.3) is 0 Å². The van der Waals surface area contributed by atoms with E-state index in [9.17, 15) is 0 Å². The lowest BCUT2D eigenvalue weighted by molar-refractivity contribution is -0.162. The molecule has 0 atom stereocenters. The second-order valence-electron chi connectivity index (χ2n) is 6.75. The van der Waals surface area contributed by atoms with Gasteiger partial charge in [-0.15, -0.1) is 0 Å². The molecule has 0 aromatic rings. The second kappa shape index (κ2) is 12.3. The van der Waals surface area contributed by atoms with Crippen molar-refractivity contribution in [3.05, 3.63) is 0 Å². The lowest BCUT2D eigenvalue weighted by Gasteiger charge is -2.28. The second-order valence-corrected chi connectivity index (χ2v) is 6.75. The quantitative estimate of drug-likeness (QED) is 0.793. The first-order valence-corrected chi connectivity index (χ1v) is 9.63. The average Bonchev–Trinajstić information content (AvgIpc) is 2.58. The maximum absolute atomic E-state index is 6.04. The Morgan fingerprint density at radius 1 is 0.591 bits per heavy atom. The van der Waals surface area contributed by atoms with E-state index in [0.717, 1.165) is 46.0 Å². The minimum Gasteiger partial charge on any atom is -0.379 e. The molecule has 2 aliphatic rings. The van der Waals surface area contributed by atoms with Crippen LogP contribution in [0, 0.1) is 0 Å². The van der Waals surface area contributed by atoms with Gasteiger partial charge in [0.15, 0.2) is 0 Å². The molecule has 130 valence electrons. The maximum Gasteiger partial charge on any atom is 0.0685 e. The van der Waals surface area contributed by atoms with Crippen molar-refractivity contribution in [3.63, 3.8) is 0 Å². The monoisotopic (exact) mass is 312 g/mol. The molecule has 0 aliphatic carbocycles. The Balaban J connectivity index is 1.61. The van der Waals surface area contributed by atoms with Crippen LogP contribution in [0.4, 0.5) is 0 Å². The van der Waals surface area contributed by atoms with Gasteiger partial charge < -0.3 is 4.74 Å². The van der Waals surface area contributed by atoms with E-state index in [2.05, 4.69) is 9.96 Å². The predicted octanol–water partition coefficient (Wildman–Crippen LogP) is 3.47. The third-order valence-electron chi connectivity index (χ3n) is 4.81. The minimum atomic E-state index is 0.903. The van der Waals surface area contributed by atoms with Crippen LogP contribution in [0.25, 0.3) is 0 Å². The van der Waals surface area contributed by atoms with Gasteiger partial charge in [0.2, 0.25) is 0 Å². The molecule has 2 saturated heterocycles. The van der Waals surface area contributed by atoms with Gasteiger partial charge in [-0.25, -0.2) is 0 Å². The fraction of sp³-hybridized carbons (Fsp3) is 1.00. The smallest absolute Gasteiger partial charge is 0.0685 e. The summed E-state index contributed by atoms with van der Waals surface area (Å²) in [4.78, 5) is 8.55. The molecule has 0 aromatic heterocycles. The molecule has 0 unspecified atom stereocenters. The standard InChI is InChI=1S/C18H36N2O2/c1-2-4-6-8-12-20(22-16-9-7-5-3-1)13-10-11-19-14-17-21-18-15-19/h1-18H2. The number of nitrogens with zero attached hydrogens (tertiary/aromatic N) is 2. The van der Waals surface area contributed by atoms with E-state index in [1.54, 1.807) is 0 Å². The van der Waals surface area contributed by atoms with E-state index < -0.39 is 0 Å². The summed E-state index contributed by atoms with van der Waals surface area (Å²) in [5.41, 5.74) is 0. The summed E-state index contributed by atoms with van der Waals surface area (Å²) in [5.74, 6) is 0. The van der Waals surface area contributed by atoms with Crippen LogP contribution in [0.3, 0.4) is 0 Å². The van der Waals surface area contributed by atoms with Crippen LogP contribution < -0.4 is 0 Å². The third-order valence-corrected chi connectivity index (χ3v) is 4.81. The molecule has 0 N–H and O–H groups in total. The molecule has 0 aromatic carbocycles. The summed E-state index contributed by atoms with van der Waals surface area (Å²) in [7, 11) is 0. The van der Waals surface area contributed by atoms with Crippen molar-refractivity contribution in [1.29, 1.82) is 0 Å². The normalized spacial score (nSPS) is 25.1. The fourth-order valence-electron chi connectivity index (χ4n) is 3.36. The predicted molar refractivity (Wildman–Crippen MR) is 91.0 cm³/mol. The van der Waals surface area contributed by atoms with Crippen molar-refractivity contribution in [2.45, 2.75) is 64.2 Å². The van der Waals surface area contributed by atoms with E-state index in [1.165, 1.54) is 70.8 Å². The van der Waals surface area contributed by atoms with Gasteiger partial charge in [-0.3, -0.25) is 9.74 Å². The zero-order valence-corrected chi connectivity index (χ0v) is 14.4. The van der Waals surface area contributed by atoms with Crippen LogP contribution in [0.5, 0.6) is 0 Å². The minimum absolute atomic E-state index is 0.903. The van der Waals surface area contributed by atoms with Gasteiger partial charge in [0.1, 0.15) is 0 Å². The zero-order valence-electron chi connectivity index (χ0n) is 14.4. The Bertz CT molecular complexity index is 243. The topological polar surface area (TPSA) is 24.9 Å². The van der Waals surface area contributed by atoms with Crippen molar-refractivity contribution in [1.82, 2.24) is 9.96 Å². The van der Waals surface area contributed by atoms with Gasteiger partial charge in [-0.2, -0.15) is 5.06 Å². The van der Waals surface area contributed by atoms with Gasteiger partial charge in [-0.05, 0) is 25.8 Å². The summed E-state index contributed by atoms with van der Waals surface area (Å²) < 4.78 is 5.41. The molecule has 2 aliphatic heterocycles. The summed E-state index contributed by atoms with van der Waals surface area (Å²) >= 11 is 0. The third kappa shape index (κ3) is 8.47. The van der Waals surface area contributed by atoms with E-state index >= 15 is 0 Å². The van der Waals surface area contributed by atoms with Crippen molar-refractivity contribution in [2.24, 2.45) is 0 Å². The lowest BCUT2D eigenvalue weighted by Crippen LogP contribution is -2.38. The van der Waals surface area contributed by atoms with E-state index in [4.69, 9.17) is 9.57 Å². The Kier molecular flexibility index (Phi) is 10.2. The Morgan fingerprint density at radius 2 is 1.23 bits per heavy atom. The Morgan fingerprint density at radius 3 is 1.95 bits per heavy atom. The van der Waals surface area contributed by atoms with Crippen LogP contribution in [0.15, 0.2) is 0 Å². The zero-order chi connectivity index (χ0) is 15.3. The van der Waals surface area contributed by atoms with Crippen molar-refractivity contribution in [2.75, 3.05) is 52.5 Å². The highest BCUT2D eigenvalue weighted by Crippen LogP contribution is 2.12. The summed E-state index contributed by atoms with van der Waals surface area (Å²) in [6, 6.07) is 0. The molecular weight excluding hydrogens is 276 g/mol. The highest BCUT2D eigenvalue weighted by molar-refractivity contribution is 4.62. The number of rotatable bonds is 4. The number of morpholine rings is 1. The molecule has 0 radical (unpaired) electrons. The highest BCUT2D eigenvalue weighted by atomic mass is 16.7. The molecule has 2 heterocycles. The van der Waals surface area contributed by atoms with Crippen LogP contribution in [0.2, 0.25) is 0 Å². The SMILES string of the molecule is C1CCCCCON(CCCN2CCOCC2)CCCCC1. The number of ether oxygens (including phenoxy) is 1. The first-order valence-electron chi connectivity index (χ1n) is 9.63. The summed E-state index contributed by atoms with van der Waals surface area (Å²) in [5, 5.41) is 2.25. The average molecular weight is 312 g/mol. The van der Waals surface area contributed by atoms with Crippen LogP contribution >= 0.6 is 0 Å². The number of hydroxylamine groups is 2. The van der Waals surface area contributed by atoms with Crippen molar-refractivity contribution >= 4 is 0 Å². The molecule has 0 spiro atoms. The van der Waals surface area contributed by atoms with E-state index in [1.807, 2.05) is 0 Å². The molecule has 0 saturated carbocycles. The summed E-state index contributed by atoms with van der Waals surface area (Å²) in [6.45, 7) is 8.30. The highest BCUT2D eigenvalue weighted by Gasteiger charge is 2.11. The van der Waals surface area contributed by atoms with Crippen molar-refractivity contribution in [3.8, 4) is 0 Å². The molecule has 22 heavy (non-hydrogen) atoms. The van der Waals surface area contributed by atoms with Crippen molar-refractivity contribution < 1.29 is 9.57 Å². The largest absolute Gasteiger partial charge is 0.379 e. The molecule has 4 heteroatoms. The maximum atomic E-state index is 6.04. The molecule has 0 bridgehead atoms. The lowest BCUT2D eigenvalue weighted by atomic mass is 10.1. The number of hydrogen-bond donors (Lipinski definition) is 0.